The summed E-state index contributed by atoms with van der Waals surface area (Å²) in [6.07, 6.45) is 72.0. The van der Waals surface area contributed by atoms with Crippen molar-refractivity contribution in [3.63, 3.8) is 0 Å². The van der Waals surface area contributed by atoms with E-state index in [-0.39, 0.29) is 44.0 Å². The first-order valence-corrected chi connectivity index (χ1v) is 26.0. The van der Waals surface area contributed by atoms with Crippen LogP contribution < -0.4 is 0 Å². The summed E-state index contributed by atoms with van der Waals surface area (Å²) in [6, 6.07) is 0. The van der Waals surface area contributed by atoms with Crippen LogP contribution in [-0.4, -0.2) is 37.2 Å². The Bertz CT molecular complexity index is 1400. The summed E-state index contributed by atoms with van der Waals surface area (Å²) in [5.74, 6) is -1.05. The fourth-order valence-corrected chi connectivity index (χ4v) is 6.57. The van der Waals surface area contributed by atoms with E-state index >= 15 is 0 Å². The second-order valence-electron chi connectivity index (χ2n) is 16.7. The topological polar surface area (TPSA) is 78.9 Å². The minimum atomic E-state index is -0.826. The Hall–Kier alpha value is -4.19. The van der Waals surface area contributed by atoms with Crippen molar-refractivity contribution in [3.05, 3.63) is 122 Å². The van der Waals surface area contributed by atoms with Crippen LogP contribution in [0.1, 0.15) is 213 Å². The molecule has 0 unspecified atom stereocenters. The Labute approximate surface area is 399 Å². The third-order valence-electron chi connectivity index (χ3n) is 10.5. The summed E-state index contributed by atoms with van der Waals surface area (Å²) in [5, 5.41) is 0. The molecule has 0 radical (unpaired) electrons. The van der Waals surface area contributed by atoms with Crippen molar-refractivity contribution in [1.29, 1.82) is 0 Å². The van der Waals surface area contributed by atoms with Crippen molar-refractivity contribution in [1.82, 2.24) is 0 Å². The largest absolute Gasteiger partial charge is 0.462 e. The van der Waals surface area contributed by atoms with E-state index in [9.17, 15) is 14.4 Å². The van der Waals surface area contributed by atoms with E-state index in [1.165, 1.54) is 64.2 Å². The van der Waals surface area contributed by atoms with Gasteiger partial charge >= 0.3 is 17.9 Å². The smallest absolute Gasteiger partial charge is 0.306 e. The molecule has 0 spiro atoms. The molecule has 0 bridgehead atoms. The normalized spacial score (nSPS) is 13.1. The average molecular weight is 899 g/mol. The number of rotatable bonds is 45. The standard InChI is InChI=1S/C59H94O6/c1-4-7-10-13-16-19-21-23-25-27-29-31-33-35-37-40-43-46-49-52-58(61)64-55-56(54-63-57(60)51-48-45-42-39-18-15-12-9-6-3)65-59(62)53-50-47-44-41-38-36-34-32-30-28-26-24-22-20-17-14-11-8-5-2/h7,10,16-17,19-20,23-26,29-32,35-38,43,46,56H,4-6,8-9,11-15,18,21-22,27-28,33-34,39-42,44-45,47-55H2,1-3H3/b10-7-,19-16-,20-17-,25-23-,26-24-,31-29-,32-30-,37-35-,38-36-,46-43-/t56-/m1/s1. The van der Waals surface area contributed by atoms with Crippen LogP contribution in [0, 0.1) is 0 Å². The Balaban J connectivity index is 4.53. The maximum absolute atomic E-state index is 12.8. The van der Waals surface area contributed by atoms with Crippen molar-refractivity contribution in [2.24, 2.45) is 0 Å². The van der Waals surface area contributed by atoms with Gasteiger partial charge in [0.05, 0.1) is 0 Å². The molecule has 0 rings (SSSR count). The van der Waals surface area contributed by atoms with Gasteiger partial charge in [-0.3, -0.25) is 14.4 Å². The maximum Gasteiger partial charge on any atom is 0.306 e. The molecule has 0 saturated heterocycles. The average Bonchev–Trinajstić information content (AvgIpc) is 3.30. The molecule has 0 saturated carbocycles. The minimum absolute atomic E-state index is 0.117. The SMILES string of the molecule is CC/C=C\C/C=C\C/C=C\C/C=C\C/C=C\C/C=C\CCC(=O)OC[C@@H](COC(=O)CCCCCCCCCCC)OC(=O)CCCCC/C=C\C/C=C\C/C=C\C/C=C\CCCCC. The van der Waals surface area contributed by atoms with E-state index in [0.29, 0.717) is 19.3 Å². The van der Waals surface area contributed by atoms with Crippen molar-refractivity contribution < 1.29 is 28.6 Å². The second-order valence-corrected chi connectivity index (χ2v) is 16.7. The number of hydrogen-bond acceptors (Lipinski definition) is 6. The highest BCUT2D eigenvalue weighted by atomic mass is 16.6. The lowest BCUT2D eigenvalue weighted by Gasteiger charge is -2.18. The van der Waals surface area contributed by atoms with Crippen LogP contribution in [0.5, 0.6) is 0 Å². The summed E-state index contributed by atoms with van der Waals surface area (Å²) < 4.78 is 16.7. The van der Waals surface area contributed by atoms with E-state index in [0.717, 1.165) is 96.3 Å². The van der Waals surface area contributed by atoms with Crippen LogP contribution in [0.4, 0.5) is 0 Å². The predicted octanol–water partition coefficient (Wildman–Crippen LogP) is 17.3. The zero-order valence-electron chi connectivity index (χ0n) is 41.7. The molecule has 0 aromatic heterocycles. The molecule has 6 heteroatoms. The molecule has 1 atom stereocenters. The van der Waals surface area contributed by atoms with Crippen LogP contribution in [0.3, 0.4) is 0 Å². The fourth-order valence-electron chi connectivity index (χ4n) is 6.57. The third-order valence-corrected chi connectivity index (χ3v) is 10.5. The lowest BCUT2D eigenvalue weighted by molar-refractivity contribution is -0.166. The van der Waals surface area contributed by atoms with Gasteiger partial charge < -0.3 is 14.2 Å². The summed E-state index contributed by atoms with van der Waals surface area (Å²) in [4.78, 5) is 37.9. The zero-order valence-corrected chi connectivity index (χ0v) is 41.7. The van der Waals surface area contributed by atoms with Crippen LogP contribution in [0.2, 0.25) is 0 Å². The second kappa shape index (κ2) is 52.4. The molecule has 0 aromatic rings. The number of hydrogen-bond donors (Lipinski definition) is 0. The van der Waals surface area contributed by atoms with Crippen LogP contribution >= 0.6 is 0 Å². The van der Waals surface area contributed by atoms with Crippen molar-refractivity contribution in [2.75, 3.05) is 13.2 Å². The van der Waals surface area contributed by atoms with E-state index in [1.807, 2.05) is 12.2 Å². The Morgan fingerprint density at radius 3 is 1.06 bits per heavy atom. The fraction of sp³-hybridized carbons (Fsp3) is 0.610. The lowest BCUT2D eigenvalue weighted by Crippen LogP contribution is -2.30. The zero-order chi connectivity index (χ0) is 47.2. The molecule has 6 nitrogen and oxygen atoms in total. The molecule has 0 heterocycles. The summed E-state index contributed by atoms with van der Waals surface area (Å²) in [5.41, 5.74) is 0. The lowest BCUT2D eigenvalue weighted by atomic mass is 10.1. The first-order chi connectivity index (χ1) is 32.0. The van der Waals surface area contributed by atoms with Crippen molar-refractivity contribution >= 4 is 17.9 Å². The number of carbonyl (C=O) groups is 3. The molecule has 0 aliphatic rings. The highest BCUT2D eigenvalue weighted by Gasteiger charge is 2.19. The molecule has 0 aromatic carbocycles. The summed E-state index contributed by atoms with van der Waals surface area (Å²) in [7, 11) is 0. The van der Waals surface area contributed by atoms with Gasteiger partial charge in [-0.2, -0.15) is 0 Å². The molecule has 366 valence electrons. The van der Waals surface area contributed by atoms with Crippen LogP contribution in [0.15, 0.2) is 122 Å². The summed E-state index contributed by atoms with van der Waals surface area (Å²) >= 11 is 0. The molecule has 0 aliphatic heterocycles. The highest BCUT2D eigenvalue weighted by molar-refractivity contribution is 5.71. The number of unbranched alkanes of at least 4 members (excludes halogenated alkanes) is 14. The molecule has 0 fully saturated rings. The molecular weight excluding hydrogens is 805 g/mol. The van der Waals surface area contributed by atoms with Gasteiger partial charge in [0.1, 0.15) is 13.2 Å². The monoisotopic (exact) mass is 899 g/mol. The molecule has 0 N–H and O–H groups in total. The first-order valence-electron chi connectivity index (χ1n) is 26.0. The van der Waals surface area contributed by atoms with Crippen LogP contribution in [0.25, 0.3) is 0 Å². The van der Waals surface area contributed by atoms with Crippen molar-refractivity contribution in [2.45, 2.75) is 219 Å². The van der Waals surface area contributed by atoms with Gasteiger partial charge in [-0.1, -0.05) is 213 Å². The highest BCUT2D eigenvalue weighted by Crippen LogP contribution is 2.12. The number of allylic oxidation sites excluding steroid dienone is 20. The molecule has 65 heavy (non-hydrogen) atoms. The Morgan fingerprint density at radius 1 is 0.323 bits per heavy atom. The maximum atomic E-state index is 12.8. The first kappa shape index (κ1) is 60.8. The van der Waals surface area contributed by atoms with E-state index < -0.39 is 6.10 Å². The van der Waals surface area contributed by atoms with Gasteiger partial charge in [-0.25, -0.2) is 0 Å². The molecule has 0 amide bonds. The number of esters is 3. The third kappa shape index (κ3) is 50.7. The van der Waals surface area contributed by atoms with Crippen LogP contribution in [-0.2, 0) is 28.6 Å². The summed E-state index contributed by atoms with van der Waals surface area (Å²) in [6.45, 7) is 6.36. The molecular formula is C59H94O6. The van der Waals surface area contributed by atoms with E-state index in [1.54, 1.807) is 0 Å². The Morgan fingerprint density at radius 2 is 0.631 bits per heavy atom. The Kier molecular flexibility index (Phi) is 49.1. The van der Waals surface area contributed by atoms with Crippen molar-refractivity contribution in [3.8, 4) is 0 Å². The van der Waals surface area contributed by atoms with E-state index in [2.05, 4.69) is 130 Å². The predicted molar refractivity (Wildman–Crippen MR) is 279 cm³/mol. The molecule has 0 aliphatic carbocycles. The van der Waals surface area contributed by atoms with Gasteiger partial charge in [0, 0.05) is 19.3 Å². The number of carbonyl (C=O) groups excluding carboxylic acids is 3. The van der Waals surface area contributed by atoms with Gasteiger partial charge in [-0.15, -0.1) is 0 Å². The van der Waals surface area contributed by atoms with E-state index in [4.69, 9.17) is 14.2 Å². The van der Waals surface area contributed by atoms with Gasteiger partial charge in [-0.05, 0) is 103 Å². The quantitative estimate of drug-likeness (QED) is 0.0262. The number of ether oxygens (including phenoxy) is 3. The minimum Gasteiger partial charge on any atom is -0.462 e. The van der Waals surface area contributed by atoms with Gasteiger partial charge in [0.15, 0.2) is 6.10 Å². The van der Waals surface area contributed by atoms with Gasteiger partial charge in [0.25, 0.3) is 0 Å². The van der Waals surface area contributed by atoms with Gasteiger partial charge in [0.2, 0.25) is 0 Å².